The summed E-state index contributed by atoms with van der Waals surface area (Å²) >= 11 is 0. The number of carbonyl (C=O) groups is 1. The Balaban J connectivity index is 1.37. The highest BCUT2D eigenvalue weighted by molar-refractivity contribution is 5.97. The van der Waals surface area contributed by atoms with Gasteiger partial charge in [0.25, 0.3) is 0 Å². The SMILES string of the molecule is CC(C)CC(=O)Nc1cncc(-c2cc(F)c3n[nH]c(-c4nc5c(N6CCN(C)CC6)nccc5[nH]4)c3c2)c1. The number of nitrogens with one attached hydrogen (secondary N) is 3. The Morgan fingerprint density at radius 1 is 1.10 bits per heavy atom. The Labute approximate surface area is 224 Å². The van der Waals surface area contributed by atoms with Crippen LogP contribution in [-0.2, 0) is 4.79 Å². The van der Waals surface area contributed by atoms with Gasteiger partial charge in [0.2, 0.25) is 5.91 Å². The van der Waals surface area contributed by atoms with Gasteiger partial charge < -0.3 is 20.1 Å². The van der Waals surface area contributed by atoms with E-state index in [4.69, 9.17) is 4.98 Å². The van der Waals surface area contributed by atoms with Crippen molar-refractivity contribution in [2.75, 3.05) is 43.4 Å². The van der Waals surface area contributed by atoms with Crippen molar-refractivity contribution < 1.29 is 9.18 Å². The molecule has 3 N–H and O–H groups in total. The van der Waals surface area contributed by atoms with Crippen molar-refractivity contribution in [1.29, 1.82) is 0 Å². The number of hydrogen-bond donors (Lipinski definition) is 3. The molecular weight excluding hydrogens is 497 g/mol. The van der Waals surface area contributed by atoms with E-state index in [0.717, 1.165) is 43.0 Å². The van der Waals surface area contributed by atoms with E-state index in [1.165, 1.54) is 6.07 Å². The molecule has 0 aliphatic carbocycles. The van der Waals surface area contributed by atoms with Crippen molar-refractivity contribution in [3.63, 3.8) is 0 Å². The van der Waals surface area contributed by atoms with Crippen molar-refractivity contribution in [3.05, 3.63) is 48.7 Å². The number of hydrogen-bond acceptors (Lipinski definition) is 7. The molecule has 4 aromatic heterocycles. The van der Waals surface area contributed by atoms with Crippen molar-refractivity contribution in [3.8, 4) is 22.6 Å². The number of rotatable bonds is 6. The molecule has 1 aromatic carbocycles. The fourth-order valence-corrected chi connectivity index (χ4v) is 4.96. The normalized spacial score (nSPS) is 14.5. The van der Waals surface area contributed by atoms with Gasteiger partial charge in [-0.05, 0) is 42.8 Å². The molecular formula is C28H30FN9O. The number of amides is 1. The van der Waals surface area contributed by atoms with Crippen LogP contribution in [0.25, 0.3) is 44.6 Å². The number of anilines is 2. The van der Waals surface area contributed by atoms with Gasteiger partial charge in [0.05, 0.1) is 17.4 Å². The molecule has 0 bridgehead atoms. The van der Waals surface area contributed by atoms with Crippen LogP contribution in [0.3, 0.4) is 0 Å². The van der Waals surface area contributed by atoms with E-state index < -0.39 is 5.82 Å². The predicted molar refractivity (Wildman–Crippen MR) is 150 cm³/mol. The van der Waals surface area contributed by atoms with E-state index in [9.17, 15) is 4.79 Å². The predicted octanol–water partition coefficient (Wildman–Crippen LogP) is 4.44. The number of imidazole rings is 1. The number of likely N-dealkylation sites (N-methyl/N-ethyl adjacent to an activating group) is 1. The Kier molecular flexibility index (Phi) is 6.43. The number of carbonyl (C=O) groups excluding carboxylic acids is 1. The standard InChI is InChI=1S/C28H30FN9O/c1-16(2)10-23(39)32-19-11-18(14-30-15-19)17-12-20-24(21(29)13-17)35-36-25(20)27-33-22-4-5-31-28(26(22)34-27)38-8-6-37(3)7-9-38/h4-5,11-16H,6-10H2,1-3H3,(H,32,39)(H,33,34)(H,35,36). The average molecular weight is 528 g/mol. The monoisotopic (exact) mass is 527 g/mol. The largest absolute Gasteiger partial charge is 0.352 e. The molecule has 6 rings (SSSR count). The number of H-pyrrole nitrogens is 2. The Morgan fingerprint density at radius 2 is 1.92 bits per heavy atom. The Bertz CT molecular complexity index is 1670. The number of benzene rings is 1. The maximum Gasteiger partial charge on any atom is 0.224 e. The summed E-state index contributed by atoms with van der Waals surface area (Å²) in [7, 11) is 2.12. The lowest BCUT2D eigenvalue weighted by Gasteiger charge is -2.33. The van der Waals surface area contributed by atoms with Gasteiger partial charge in [0.15, 0.2) is 17.5 Å². The molecule has 200 valence electrons. The zero-order valence-corrected chi connectivity index (χ0v) is 22.1. The van der Waals surface area contributed by atoms with Gasteiger partial charge in [0, 0.05) is 55.9 Å². The third kappa shape index (κ3) is 4.92. The number of aromatic amines is 2. The first-order chi connectivity index (χ1) is 18.9. The molecule has 0 saturated carbocycles. The summed E-state index contributed by atoms with van der Waals surface area (Å²) in [6.45, 7) is 7.63. The minimum Gasteiger partial charge on any atom is -0.352 e. The van der Waals surface area contributed by atoms with E-state index in [1.807, 2.05) is 26.0 Å². The molecule has 1 aliphatic heterocycles. The summed E-state index contributed by atoms with van der Waals surface area (Å²) in [5, 5.41) is 10.7. The first kappa shape index (κ1) is 24.9. The molecule has 39 heavy (non-hydrogen) atoms. The van der Waals surface area contributed by atoms with Crippen LogP contribution in [0.2, 0.25) is 0 Å². The summed E-state index contributed by atoms with van der Waals surface area (Å²) in [4.78, 5) is 33.9. The van der Waals surface area contributed by atoms with Gasteiger partial charge >= 0.3 is 0 Å². The third-order valence-electron chi connectivity index (χ3n) is 6.98. The fourth-order valence-electron chi connectivity index (χ4n) is 4.96. The average Bonchev–Trinajstić information content (AvgIpc) is 3.53. The smallest absolute Gasteiger partial charge is 0.224 e. The molecule has 1 saturated heterocycles. The van der Waals surface area contributed by atoms with Crippen LogP contribution in [0.5, 0.6) is 0 Å². The van der Waals surface area contributed by atoms with Crippen molar-refractivity contribution in [1.82, 2.24) is 35.0 Å². The number of nitrogens with zero attached hydrogens (tertiary/aromatic N) is 6. The van der Waals surface area contributed by atoms with Crippen molar-refractivity contribution in [2.45, 2.75) is 20.3 Å². The number of piperazine rings is 1. The summed E-state index contributed by atoms with van der Waals surface area (Å²) in [5.74, 6) is 1.08. The quantitative estimate of drug-likeness (QED) is 0.299. The Morgan fingerprint density at radius 3 is 2.72 bits per heavy atom. The van der Waals surface area contributed by atoms with Gasteiger partial charge in [-0.3, -0.25) is 14.9 Å². The third-order valence-corrected chi connectivity index (χ3v) is 6.98. The number of pyridine rings is 2. The first-order valence-corrected chi connectivity index (χ1v) is 13.1. The van der Waals surface area contributed by atoms with Crippen LogP contribution >= 0.6 is 0 Å². The van der Waals surface area contributed by atoms with Crippen LogP contribution in [0.1, 0.15) is 20.3 Å². The minimum atomic E-state index is -0.463. The van der Waals surface area contributed by atoms with Gasteiger partial charge in [-0.2, -0.15) is 5.10 Å². The fraction of sp³-hybridized carbons (Fsp3) is 0.321. The van der Waals surface area contributed by atoms with Crippen molar-refractivity contribution in [2.24, 2.45) is 5.92 Å². The van der Waals surface area contributed by atoms with E-state index in [2.05, 4.69) is 47.3 Å². The van der Waals surface area contributed by atoms with Crippen LogP contribution in [0.4, 0.5) is 15.9 Å². The number of aromatic nitrogens is 6. The van der Waals surface area contributed by atoms with Gasteiger partial charge in [-0.15, -0.1) is 0 Å². The van der Waals surface area contributed by atoms with E-state index >= 15 is 4.39 Å². The number of fused-ring (bicyclic) bond motifs is 2. The molecule has 0 radical (unpaired) electrons. The lowest BCUT2D eigenvalue weighted by molar-refractivity contribution is -0.116. The Hall–Kier alpha value is -4.38. The second-order valence-corrected chi connectivity index (χ2v) is 10.5. The molecule has 0 spiro atoms. The van der Waals surface area contributed by atoms with Crippen LogP contribution in [0, 0.1) is 11.7 Å². The molecule has 0 atom stereocenters. The summed E-state index contributed by atoms with van der Waals surface area (Å²) < 4.78 is 15.2. The highest BCUT2D eigenvalue weighted by Crippen LogP contribution is 2.34. The van der Waals surface area contributed by atoms with E-state index in [1.54, 1.807) is 24.7 Å². The maximum atomic E-state index is 15.2. The van der Waals surface area contributed by atoms with Crippen LogP contribution in [-0.4, -0.2) is 74.2 Å². The second kappa shape index (κ2) is 10.1. The lowest BCUT2D eigenvalue weighted by Crippen LogP contribution is -2.44. The zero-order valence-electron chi connectivity index (χ0n) is 22.1. The highest BCUT2D eigenvalue weighted by atomic mass is 19.1. The lowest BCUT2D eigenvalue weighted by atomic mass is 10.0. The first-order valence-electron chi connectivity index (χ1n) is 13.1. The molecule has 11 heteroatoms. The molecule has 5 aromatic rings. The molecule has 10 nitrogen and oxygen atoms in total. The maximum absolute atomic E-state index is 15.2. The molecule has 5 heterocycles. The van der Waals surface area contributed by atoms with Crippen LogP contribution < -0.4 is 10.2 Å². The molecule has 1 fully saturated rings. The molecule has 1 aliphatic rings. The number of halogens is 1. The zero-order chi connectivity index (χ0) is 27.1. The van der Waals surface area contributed by atoms with E-state index in [0.29, 0.717) is 40.1 Å². The second-order valence-electron chi connectivity index (χ2n) is 10.5. The van der Waals surface area contributed by atoms with Gasteiger partial charge in [-0.25, -0.2) is 14.4 Å². The van der Waals surface area contributed by atoms with Gasteiger partial charge in [-0.1, -0.05) is 13.8 Å². The van der Waals surface area contributed by atoms with Crippen LogP contribution in [0.15, 0.2) is 42.9 Å². The summed E-state index contributed by atoms with van der Waals surface area (Å²) in [6, 6.07) is 6.97. The van der Waals surface area contributed by atoms with Gasteiger partial charge in [0.1, 0.15) is 16.7 Å². The topological polar surface area (TPSA) is 119 Å². The molecule has 1 amide bonds. The van der Waals surface area contributed by atoms with E-state index in [-0.39, 0.29) is 17.3 Å². The summed E-state index contributed by atoms with van der Waals surface area (Å²) in [5.41, 5.74) is 4.28. The van der Waals surface area contributed by atoms with Crippen molar-refractivity contribution >= 4 is 39.3 Å². The summed E-state index contributed by atoms with van der Waals surface area (Å²) in [6.07, 6.45) is 5.42. The highest BCUT2D eigenvalue weighted by Gasteiger charge is 2.22. The minimum absolute atomic E-state index is 0.0852. The molecule has 0 unspecified atom stereocenters.